The quantitative estimate of drug-likeness (QED) is 0.361. The van der Waals surface area contributed by atoms with Gasteiger partial charge in [0, 0.05) is 32.7 Å². The Morgan fingerprint density at radius 3 is 2.06 bits per heavy atom. The van der Waals surface area contributed by atoms with Crippen LogP contribution in [0.5, 0.6) is 0 Å². The van der Waals surface area contributed by atoms with Crippen LogP contribution in [0.25, 0.3) is 32.3 Å². The van der Waals surface area contributed by atoms with Crippen LogP contribution >= 0.6 is 0 Å². The average Bonchev–Trinajstić information content (AvgIpc) is 2.84. The normalized spacial score (nSPS) is 15.2. The van der Waals surface area contributed by atoms with Crippen molar-refractivity contribution in [3.8, 4) is 0 Å². The fourth-order valence-electron chi connectivity index (χ4n) is 5.21. The Labute approximate surface area is 188 Å². The molecule has 1 fully saturated rings. The van der Waals surface area contributed by atoms with E-state index in [4.69, 9.17) is 0 Å². The SMILES string of the molecule is O=C(Cc1ccccc1)N1CCN(Cc2ccc3ccc4cccc5ccc2c3c45)CC1. The van der Waals surface area contributed by atoms with E-state index < -0.39 is 0 Å². The molecule has 0 saturated carbocycles. The molecule has 1 aliphatic heterocycles. The van der Waals surface area contributed by atoms with E-state index in [0.717, 1.165) is 38.3 Å². The van der Waals surface area contributed by atoms with Crippen LogP contribution < -0.4 is 0 Å². The fraction of sp³-hybridized carbons (Fsp3) is 0.207. The minimum Gasteiger partial charge on any atom is -0.340 e. The minimum atomic E-state index is 0.235. The molecule has 0 aliphatic carbocycles. The van der Waals surface area contributed by atoms with Crippen LogP contribution in [-0.4, -0.2) is 41.9 Å². The van der Waals surface area contributed by atoms with Crippen LogP contribution in [0.2, 0.25) is 0 Å². The zero-order valence-corrected chi connectivity index (χ0v) is 18.1. The Hall–Kier alpha value is -3.43. The smallest absolute Gasteiger partial charge is 0.227 e. The predicted molar refractivity (Wildman–Crippen MR) is 132 cm³/mol. The van der Waals surface area contributed by atoms with E-state index in [9.17, 15) is 4.79 Å². The highest BCUT2D eigenvalue weighted by Crippen LogP contribution is 2.36. The maximum absolute atomic E-state index is 12.7. The topological polar surface area (TPSA) is 23.6 Å². The number of nitrogens with zero attached hydrogens (tertiary/aromatic N) is 2. The van der Waals surface area contributed by atoms with Crippen molar-refractivity contribution in [3.05, 3.63) is 96.1 Å². The summed E-state index contributed by atoms with van der Waals surface area (Å²) in [5.41, 5.74) is 2.47. The summed E-state index contributed by atoms with van der Waals surface area (Å²) >= 11 is 0. The lowest BCUT2D eigenvalue weighted by molar-refractivity contribution is -0.132. The molecule has 6 rings (SSSR count). The third-order valence-corrected chi connectivity index (χ3v) is 6.94. The van der Waals surface area contributed by atoms with Crippen LogP contribution in [0.3, 0.4) is 0 Å². The highest BCUT2D eigenvalue weighted by molar-refractivity contribution is 6.23. The lowest BCUT2D eigenvalue weighted by atomic mass is 9.92. The van der Waals surface area contributed by atoms with Gasteiger partial charge in [-0.05, 0) is 43.4 Å². The largest absolute Gasteiger partial charge is 0.340 e. The van der Waals surface area contributed by atoms with Gasteiger partial charge in [0.2, 0.25) is 5.91 Å². The Morgan fingerprint density at radius 1 is 0.656 bits per heavy atom. The first kappa shape index (κ1) is 19.3. The summed E-state index contributed by atoms with van der Waals surface area (Å²) < 4.78 is 0. The molecular weight excluding hydrogens is 392 g/mol. The number of amides is 1. The van der Waals surface area contributed by atoms with Gasteiger partial charge in [0.1, 0.15) is 0 Å². The van der Waals surface area contributed by atoms with Crippen molar-refractivity contribution in [1.29, 1.82) is 0 Å². The van der Waals surface area contributed by atoms with Gasteiger partial charge in [0.05, 0.1) is 6.42 Å². The first-order valence-electron chi connectivity index (χ1n) is 11.5. The summed E-state index contributed by atoms with van der Waals surface area (Å²) in [6.07, 6.45) is 0.496. The molecular formula is C29H26N2O. The van der Waals surface area contributed by atoms with Crippen molar-refractivity contribution in [2.45, 2.75) is 13.0 Å². The summed E-state index contributed by atoms with van der Waals surface area (Å²) in [4.78, 5) is 17.2. The maximum Gasteiger partial charge on any atom is 0.227 e. The summed E-state index contributed by atoms with van der Waals surface area (Å²) in [5.74, 6) is 0.235. The molecule has 1 heterocycles. The van der Waals surface area contributed by atoms with Gasteiger partial charge in [-0.3, -0.25) is 9.69 Å². The fourth-order valence-corrected chi connectivity index (χ4v) is 5.21. The lowest BCUT2D eigenvalue weighted by Crippen LogP contribution is -2.48. The number of hydrogen-bond acceptors (Lipinski definition) is 2. The summed E-state index contributed by atoms with van der Waals surface area (Å²) in [7, 11) is 0. The second kappa shape index (κ2) is 7.92. The van der Waals surface area contributed by atoms with Crippen LogP contribution in [0.1, 0.15) is 11.1 Å². The van der Waals surface area contributed by atoms with Gasteiger partial charge in [0.25, 0.3) is 0 Å². The van der Waals surface area contributed by atoms with E-state index in [1.807, 2.05) is 35.2 Å². The van der Waals surface area contributed by atoms with Crippen LogP contribution in [0.15, 0.2) is 84.9 Å². The highest BCUT2D eigenvalue weighted by atomic mass is 16.2. The van der Waals surface area contributed by atoms with Gasteiger partial charge in [-0.2, -0.15) is 0 Å². The van der Waals surface area contributed by atoms with E-state index in [0.29, 0.717) is 6.42 Å². The number of rotatable bonds is 4. The summed E-state index contributed by atoms with van der Waals surface area (Å²) in [6, 6.07) is 30.2. The summed E-state index contributed by atoms with van der Waals surface area (Å²) in [5, 5.41) is 8.04. The standard InChI is InChI=1S/C29H26N2O/c32-27(19-21-5-2-1-3-6-21)31-17-15-30(16-18-31)20-25-12-11-24-10-9-22-7-4-8-23-13-14-26(25)29(24)28(22)23/h1-14H,15-20H2. The maximum atomic E-state index is 12.7. The van der Waals surface area contributed by atoms with Crippen LogP contribution in [-0.2, 0) is 17.8 Å². The first-order valence-corrected chi connectivity index (χ1v) is 11.5. The van der Waals surface area contributed by atoms with Crippen LogP contribution in [0.4, 0.5) is 0 Å². The number of hydrogen-bond donors (Lipinski definition) is 0. The molecule has 1 saturated heterocycles. The third-order valence-electron chi connectivity index (χ3n) is 6.94. The molecule has 5 aromatic carbocycles. The van der Waals surface area contributed by atoms with E-state index in [1.54, 1.807) is 0 Å². The Balaban J connectivity index is 1.20. The predicted octanol–water partition coefficient (Wildman–Crippen LogP) is 5.47. The monoisotopic (exact) mass is 418 g/mol. The van der Waals surface area contributed by atoms with Gasteiger partial charge < -0.3 is 4.90 Å². The van der Waals surface area contributed by atoms with E-state index in [1.165, 1.54) is 37.9 Å². The van der Waals surface area contributed by atoms with Crippen molar-refractivity contribution in [2.24, 2.45) is 0 Å². The number of piperazine rings is 1. The van der Waals surface area contributed by atoms with Gasteiger partial charge >= 0.3 is 0 Å². The molecule has 0 radical (unpaired) electrons. The molecule has 1 amide bonds. The van der Waals surface area contributed by atoms with Crippen LogP contribution in [0, 0.1) is 0 Å². The van der Waals surface area contributed by atoms with E-state index in [-0.39, 0.29) is 5.91 Å². The molecule has 1 aliphatic rings. The molecule has 0 N–H and O–H groups in total. The average molecular weight is 419 g/mol. The van der Waals surface area contributed by atoms with Gasteiger partial charge in [-0.15, -0.1) is 0 Å². The number of carbonyl (C=O) groups is 1. The zero-order valence-electron chi connectivity index (χ0n) is 18.1. The van der Waals surface area contributed by atoms with Crippen molar-refractivity contribution in [1.82, 2.24) is 9.80 Å². The van der Waals surface area contributed by atoms with Crippen molar-refractivity contribution in [2.75, 3.05) is 26.2 Å². The Kier molecular flexibility index (Phi) is 4.77. The number of carbonyl (C=O) groups excluding carboxylic acids is 1. The van der Waals surface area contributed by atoms with Crippen molar-refractivity contribution in [3.63, 3.8) is 0 Å². The first-order chi connectivity index (χ1) is 15.8. The molecule has 0 bridgehead atoms. The molecule has 5 aromatic rings. The molecule has 0 spiro atoms. The Morgan fingerprint density at radius 2 is 1.31 bits per heavy atom. The van der Waals surface area contributed by atoms with Crippen molar-refractivity contribution < 1.29 is 4.79 Å². The molecule has 3 heteroatoms. The molecule has 3 nitrogen and oxygen atoms in total. The zero-order chi connectivity index (χ0) is 21.5. The molecule has 32 heavy (non-hydrogen) atoms. The molecule has 158 valence electrons. The van der Waals surface area contributed by atoms with Gasteiger partial charge in [0.15, 0.2) is 0 Å². The van der Waals surface area contributed by atoms with E-state index >= 15 is 0 Å². The molecule has 0 atom stereocenters. The molecule has 0 unspecified atom stereocenters. The van der Waals surface area contributed by atoms with Crippen molar-refractivity contribution >= 4 is 38.2 Å². The lowest BCUT2D eigenvalue weighted by Gasteiger charge is -2.35. The molecule has 0 aromatic heterocycles. The second-order valence-electron chi connectivity index (χ2n) is 8.90. The van der Waals surface area contributed by atoms with Gasteiger partial charge in [-0.1, -0.05) is 84.9 Å². The van der Waals surface area contributed by atoms with Gasteiger partial charge in [-0.25, -0.2) is 0 Å². The third kappa shape index (κ3) is 3.39. The second-order valence-corrected chi connectivity index (χ2v) is 8.90. The van der Waals surface area contributed by atoms with E-state index in [2.05, 4.69) is 59.5 Å². The summed E-state index contributed by atoms with van der Waals surface area (Å²) in [6.45, 7) is 4.37. The highest BCUT2D eigenvalue weighted by Gasteiger charge is 2.22. The minimum absolute atomic E-state index is 0.235. The Bertz CT molecular complexity index is 1390. The number of benzene rings is 5.